The highest BCUT2D eigenvalue weighted by Crippen LogP contribution is 2.28. The number of rotatable bonds is 3. The predicted molar refractivity (Wildman–Crippen MR) is 76.0 cm³/mol. The van der Waals surface area contributed by atoms with Crippen LogP contribution in [0.15, 0.2) is 55.1 Å². The molecule has 17 heavy (non-hydrogen) atoms. The Bertz CT molecular complexity index is 535. The fraction of sp³-hybridized carbons (Fsp3) is 0.176. The van der Waals surface area contributed by atoms with E-state index >= 15 is 0 Å². The number of hydrogen-bond acceptors (Lipinski definition) is 0. The summed E-state index contributed by atoms with van der Waals surface area (Å²) in [5.74, 6) is 0. The summed E-state index contributed by atoms with van der Waals surface area (Å²) in [5, 5.41) is 0. The van der Waals surface area contributed by atoms with Crippen molar-refractivity contribution in [2.24, 2.45) is 0 Å². The normalized spacial score (nSPS) is 10.2. The van der Waals surface area contributed by atoms with Crippen LogP contribution in [-0.4, -0.2) is 0 Å². The van der Waals surface area contributed by atoms with Crippen LogP contribution >= 0.6 is 0 Å². The Balaban J connectivity index is 2.56. The molecule has 0 heteroatoms. The maximum atomic E-state index is 4.05. The Kier molecular flexibility index (Phi) is 3.43. The molecule has 0 aromatic heterocycles. The van der Waals surface area contributed by atoms with Gasteiger partial charge in [-0.2, -0.15) is 0 Å². The Morgan fingerprint density at radius 1 is 1.06 bits per heavy atom. The second-order valence-electron chi connectivity index (χ2n) is 4.38. The SMILES string of the molecule is C=C(C)c1ccccc1-c1cccc(CC)c1. The van der Waals surface area contributed by atoms with Gasteiger partial charge in [0, 0.05) is 0 Å². The molecule has 0 aliphatic rings. The van der Waals surface area contributed by atoms with E-state index in [1.807, 2.05) is 0 Å². The highest BCUT2D eigenvalue weighted by atomic mass is 14.1. The molecule has 0 nitrogen and oxygen atoms in total. The van der Waals surface area contributed by atoms with Crippen LogP contribution in [0, 0.1) is 0 Å². The van der Waals surface area contributed by atoms with Crippen molar-refractivity contribution in [2.75, 3.05) is 0 Å². The Hall–Kier alpha value is -1.82. The number of hydrogen-bond donors (Lipinski definition) is 0. The van der Waals surface area contributed by atoms with Gasteiger partial charge in [0.05, 0.1) is 0 Å². The minimum Gasteiger partial charge on any atom is -0.0955 e. The van der Waals surface area contributed by atoms with E-state index < -0.39 is 0 Å². The van der Waals surface area contributed by atoms with Crippen LogP contribution in [0.3, 0.4) is 0 Å². The molecule has 2 rings (SSSR count). The maximum Gasteiger partial charge on any atom is -0.0109 e. The molecule has 0 unspecified atom stereocenters. The molecule has 0 fully saturated rings. The maximum absolute atomic E-state index is 4.05. The first-order valence-corrected chi connectivity index (χ1v) is 6.06. The largest absolute Gasteiger partial charge is 0.0955 e. The molecule has 0 heterocycles. The first kappa shape index (κ1) is 11.7. The molecule has 0 aliphatic heterocycles. The summed E-state index contributed by atoms with van der Waals surface area (Å²) >= 11 is 0. The zero-order valence-corrected chi connectivity index (χ0v) is 10.5. The molecule has 0 saturated heterocycles. The Labute approximate surface area is 104 Å². The van der Waals surface area contributed by atoms with E-state index in [-0.39, 0.29) is 0 Å². The van der Waals surface area contributed by atoms with E-state index in [2.05, 4.69) is 69.0 Å². The van der Waals surface area contributed by atoms with E-state index in [0.29, 0.717) is 0 Å². The van der Waals surface area contributed by atoms with Gasteiger partial charge in [0.25, 0.3) is 0 Å². The van der Waals surface area contributed by atoms with E-state index in [1.54, 1.807) is 0 Å². The molecule has 0 N–H and O–H groups in total. The number of allylic oxidation sites excluding steroid dienone is 1. The number of benzene rings is 2. The van der Waals surface area contributed by atoms with Gasteiger partial charge in [0.2, 0.25) is 0 Å². The lowest BCUT2D eigenvalue weighted by Gasteiger charge is -2.10. The highest BCUT2D eigenvalue weighted by molar-refractivity contribution is 5.79. The van der Waals surface area contributed by atoms with Crippen LogP contribution in [0.1, 0.15) is 25.0 Å². The van der Waals surface area contributed by atoms with Crippen molar-refractivity contribution < 1.29 is 0 Å². The van der Waals surface area contributed by atoms with E-state index in [0.717, 1.165) is 12.0 Å². The summed E-state index contributed by atoms with van der Waals surface area (Å²) in [6.45, 7) is 8.30. The lowest BCUT2D eigenvalue weighted by Crippen LogP contribution is -1.87. The van der Waals surface area contributed by atoms with Gasteiger partial charge < -0.3 is 0 Å². The molecule has 86 valence electrons. The van der Waals surface area contributed by atoms with Crippen LogP contribution in [0.25, 0.3) is 16.7 Å². The second-order valence-corrected chi connectivity index (χ2v) is 4.38. The fourth-order valence-electron chi connectivity index (χ4n) is 2.07. The summed E-state index contributed by atoms with van der Waals surface area (Å²) in [6.07, 6.45) is 1.07. The summed E-state index contributed by atoms with van der Waals surface area (Å²) in [6, 6.07) is 17.2. The summed E-state index contributed by atoms with van der Waals surface area (Å²) in [7, 11) is 0. The molecule has 0 saturated carbocycles. The van der Waals surface area contributed by atoms with E-state index in [1.165, 1.54) is 22.3 Å². The second kappa shape index (κ2) is 5.01. The van der Waals surface area contributed by atoms with Gasteiger partial charge in [-0.25, -0.2) is 0 Å². The van der Waals surface area contributed by atoms with Crippen molar-refractivity contribution in [3.8, 4) is 11.1 Å². The topological polar surface area (TPSA) is 0 Å². The average molecular weight is 222 g/mol. The first-order chi connectivity index (χ1) is 8.22. The molecule has 0 bridgehead atoms. The van der Waals surface area contributed by atoms with Crippen molar-refractivity contribution in [3.63, 3.8) is 0 Å². The van der Waals surface area contributed by atoms with E-state index in [4.69, 9.17) is 0 Å². The minimum absolute atomic E-state index is 1.07. The molecule has 0 radical (unpaired) electrons. The number of aryl methyl sites for hydroxylation is 1. The van der Waals surface area contributed by atoms with Crippen LogP contribution in [0.4, 0.5) is 0 Å². The fourth-order valence-corrected chi connectivity index (χ4v) is 2.07. The van der Waals surface area contributed by atoms with Crippen molar-refractivity contribution >= 4 is 5.57 Å². The average Bonchev–Trinajstić information content (AvgIpc) is 2.39. The van der Waals surface area contributed by atoms with Crippen molar-refractivity contribution in [1.29, 1.82) is 0 Å². The van der Waals surface area contributed by atoms with Crippen LogP contribution in [-0.2, 0) is 6.42 Å². The molecular formula is C17H18. The third-order valence-electron chi connectivity index (χ3n) is 3.03. The summed E-state index contributed by atoms with van der Waals surface area (Å²) in [4.78, 5) is 0. The van der Waals surface area contributed by atoms with Gasteiger partial charge in [-0.3, -0.25) is 0 Å². The quantitative estimate of drug-likeness (QED) is 0.689. The Morgan fingerprint density at radius 2 is 1.82 bits per heavy atom. The molecule has 0 atom stereocenters. The zero-order chi connectivity index (χ0) is 12.3. The van der Waals surface area contributed by atoms with Crippen molar-refractivity contribution in [2.45, 2.75) is 20.3 Å². The molecule has 2 aromatic rings. The van der Waals surface area contributed by atoms with Crippen LogP contribution in [0.2, 0.25) is 0 Å². The first-order valence-electron chi connectivity index (χ1n) is 6.06. The Morgan fingerprint density at radius 3 is 2.53 bits per heavy atom. The predicted octanol–water partition coefficient (Wildman–Crippen LogP) is 4.95. The molecule has 0 amide bonds. The highest BCUT2D eigenvalue weighted by Gasteiger charge is 2.05. The minimum atomic E-state index is 1.07. The van der Waals surface area contributed by atoms with E-state index in [9.17, 15) is 0 Å². The third-order valence-corrected chi connectivity index (χ3v) is 3.03. The zero-order valence-electron chi connectivity index (χ0n) is 10.5. The van der Waals surface area contributed by atoms with Gasteiger partial charge in [-0.05, 0) is 35.6 Å². The summed E-state index contributed by atoms with van der Waals surface area (Å²) in [5.41, 5.74) is 6.28. The van der Waals surface area contributed by atoms with Crippen LogP contribution in [0.5, 0.6) is 0 Å². The van der Waals surface area contributed by atoms with Gasteiger partial charge in [0.1, 0.15) is 0 Å². The van der Waals surface area contributed by atoms with Crippen molar-refractivity contribution in [1.82, 2.24) is 0 Å². The third kappa shape index (κ3) is 2.47. The van der Waals surface area contributed by atoms with Gasteiger partial charge in [0.15, 0.2) is 0 Å². The van der Waals surface area contributed by atoms with Crippen molar-refractivity contribution in [3.05, 3.63) is 66.2 Å². The van der Waals surface area contributed by atoms with Gasteiger partial charge >= 0.3 is 0 Å². The van der Waals surface area contributed by atoms with Crippen LogP contribution < -0.4 is 0 Å². The smallest absolute Gasteiger partial charge is 0.0109 e. The lowest BCUT2D eigenvalue weighted by molar-refractivity contribution is 1.14. The lowest BCUT2D eigenvalue weighted by atomic mass is 9.94. The van der Waals surface area contributed by atoms with Gasteiger partial charge in [-0.15, -0.1) is 0 Å². The molecular weight excluding hydrogens is 204 g/mol. The molecule has 0 aliphatic carbocycles. The standard InChI is InChI=1S/C17H18/c1-4-14-8-7-9-15(12-14)17-11-6-5-10-16(17)13(2)3/h5-12H,2,4H2,1,3H3. The van der Waals surface area contributed by atoms with Gasteiger partial charge in [-0.1, -0.05) is 67.6 Å². The molecule has 2 aromatic carbocycles. The molecule has 0 spiro atoms. The monoisotopic (exact) mass is 222 g/mol. The summed E-state index contributed by atoms with van der Waals surface area (Å²) < 4.78 is 0.